The van der Waals surface area contributed by atoms with Crippen molar-refractivity contribution in [3.63, 3.8) is 0 Å². The lowest BCUT2D eigenvalue weighted by Crippen LogP contribution is -2.29. The van der Waals surface area contributed by atoms with Crippen molar-refractivity contribution in [3.05, 3.63) is 23.8 Å². The second-order valence-electron chi connectivity index (χ2n) is 3.99. The van der Waals surface area contributed by atoms with Gasteiger partial charge in [-0.15, -0.1) is 0 Å². The number of ether oxygens (including phenoxy) is 3. The molecular weight excluding hydrogens is 262 g/mol. The second-order valence-corrected chi connectivity index (χ2v) is 3.99. The molecule has 0 atom stereocenters. The zero-order chi connectivity index (χ0) is 15.0. The lowest BCUT2D eigenvalue weighted by Gasteiger charge is -2.10. The number of nitrogens with one attached hydrogen (secondary N) is 1. The van der Waals surface area contributed by atoms with Crippen molar-refractivity contribution < 1.29 is 23.8 Å². The van der Waals surface area contributed by atoms with Crippen molar-refractivity contribution in [2.45, 2.75) is 13.3 Å². The molecule has 6 heteroatoms. The van der Waals surface area contributed by atoms with Crippen LogP contribution in [0.5, 0.6) is 11.5 Å². The molecule has 20 heavy (non-hydrogen) atoms. The minimum atomic E-state index is -0.632. The van der Waals surface area contributed by atoms with Crippen LogP contribution in [0.4, 0.5) is 0 Å². The number of carbonyl (C=O) groups is 2. The van der Waals surface area contributed by atoms with Crippen LogP contribution in [0.1, 0.15) is 23.7 Å². The summed E-state index contributed by atoms with van der Waals surface area (Å²) in [6.07, 6.45) is 0.823. The number of amides is 1. The number of hydrogen-bond acceptors (Lipinski definition) is 5. The molecule has 0 aliphatic carbocycles. The maximum Gasteiger partial charge on any atom is 0.342 e. The van der Waals surface area contributed by atoms with Gasteiger partial charge in [0.15, 0.2) is 6.61 Å². The highest BCUT2D eigenvalue weighted by Crippen LogP contribution is 2.24. The topological polar surface area (TPSA) is 73.9 Å². The Labute approximate surface area is 118 Å². The van der Waals surface area contributed by atoms with E-state index in [0.717, 1.165) is 6.42 Å². The number of carbonyl (C=O) groups excluding carboxylic acids is 2. The molecule has 0 aromatic heterocycles. The largest absolute Gasteiger partial charge is 0.497 e. The standard InChI is InChI=1S/C14H19NO5/c1-4-7-15-13(16)9-20-14(17)11-8-10(18-2)5-6-12(11)19-3/h5-6,8H,4,7,9H2,1-3H3,(H,15,16). The summed E-state index contributed by atoms with van der Waals surface area (Å²) in [5.41, 5.74) is 0.218. The Morgan fingerprint density at radius 3 is 2.55 bits per heavy atom. The van der Waals surface area contributed by atoms with Gasteiger partial charge in [0, 0.05) is 6.54 Å². The fraction of sp³-hybridized carbons (Fsp3) is 0.429. The molecule has 1 rings (SSSR count). The summed E-state index contributed by atoms with van der Waals surface area (Å²) in [6, 6.07) is 4.78. The van der Waals surface area contributed by atoms with Crippen LogP contribution < -0.4 is 14.8 Å². The first-order valence-corrected chi connectivity index (χ1v) is 6.28. The van der Waals surface area contributed by atoms with Crippen LogP contribution in [0, 0.1) is 0 Å². The summed E-state index contributed by atoms with van der Waals surface area (Å²) in [4.78, 5) is 23.3. The highest BCUT2D eigenvalue weighted by Gasteiger charge is 2.16. The van der Waals surface area contributed by atoms with Gasteiger partial charge in [0.05, 0.1) is 14.2 Å². The van der Waals surface area contributed by atoms with Gasteiger partial charge in [-0.25, -0.2) is 4.79 Å². The predicted octanol–water partition coefficient (Wildman–Crippen LogP) is 1.39. The third kappa shape index (κ3) is 4.46. The number of rotatable bonds is 7. The van der Waals surface area contributed by atoms with Gasteiger partial charge in [0.25, 0.3) is 5.91 Å². The molecule has 1 N–H and O–H groups in total. The Morgan fingerprint density at radius 1 is 1.20 bits per heavy atom. The van der Waals surface area contributed by atoms with E-state index in [9.17, 15) is 9.59 Å². The van der Waals surface area contributed by atoms with E-state index < -0.39 is 5.97 Å². The average molecular weight is 281 g/mol. The first kappa shape index (κ1) is 15.8. The van der Waals surface area contributed by atoms with Gasteiger partial charge in [-0.05, 0) is 24.6 Å². The molecule has 0 aliphatic rings. The van der Waals surface area contributed by atoms with Gasteiger partial charge in [-0.3, -0.25) is 4.79 Å². The van der Waals surface area contributed by atoms with E-state index in [2.05, 4.69) is 5.32 Å². The Hall–Kier alpha value is -2.24. The van der Waals surface area contributed by atoms with Crippen LogP contribution >= 0.6 is 0 Å². The molecule has 110 valence electrons. The number of esters is 1. The number of methoxy groups -OCH3 is 2. The van der Waals surface area contributed by atoms with Crippen molar-refractivity contribution >= 4 is 11.9 Å². The molecule has 0 saturated heterocycles. The van der Waals surface area contributed by atoms with Gasteiger partial charge < -0.3 is 19.5 Å². The molecule has 0 radical (unpaired) electrons. The zero-order valence-electron chi connectivity index (χ0n) is 11.9. The van der Waals surface area contributed by atoms with Crippen molar-refractivity contribution in [1.29, 1.82) is 0 Å². The molecule has 1 amide bonds. The summed E-state index contributed by atoms with van der Waals surface area (Å²) >= 11 is 0. The smallest absolute Gasteiger partial charge is 0.342 e. The van der Waals surface area contributed by atoms with Crippen molar-refractivity contribution in [2.24, 2.45) is 0 Å². The van der Waals surface area contributed by atoms with Crippen molar-refractivity contribution in [1.82, 2.24) is 5.32 Å². The normalized spacial score (nSPS) is 9.75. The Morgan fingerprint density at radius 2 is 1.95 bits per heavy atom. The van der Waals surface area contributed by atoms with E-state index in [1.165, 1.54) is 20.3 Å². The Bertz CT molecular complexity index is 473. The average Bonchev–Trinajstić information content (AvgIpc) is 2.49. The predicted molar refractivity (Wildman–Crippen MR) is 73.1 cm³/mol. The molecule has 6 nitrogen and oxygen atoms in total. The molecule has 0 bridgehead atoms. The van der Waals surface area contributed by atoms with Crippen LogP contribution in [-0.2, 0) is 9.53 Å². The van der Waals surface area contributed by atoms with E-state index in [4.69, 9.17) is 14.2 Å². The molecule has 0 heterocycles. The molecule has 1 aromatic rings. The van der Waals surface area contributed by atoms with Crippen LogP contribution in [0.3, 0.4) is 0 Å². The molecule has 0 saturated carbocycles. The van der Waals surface area contributed by atoms with Crippen LogP contribution in [0.15, 0.2) is 18.2 Å². The number of benzene rings is 1. The van der Waals surface area contributed by atoms with Gasteiger partial charge >= 0.3 is 5.97 Å². The van der Waals surface area contributed by atoms with Crippen molar-refractivity contribution in [3.8, 4) is 11.5 Å². The summed E-state index contributed by atoms with van der Waals surface area (Å²) in [7, 11) is 2.95. The number of hydrogen-bond donors (Lipinski definition) is 1. The Balaban J connectivity index is 2.69. The maximum atomic E-state index is 11.9. The van der Waals surface area contributed by atoms with E-state index in [1.54, 1.807) is 12.1 Å². The van der Waals surface area contributed by atoms with Gasteiger partial charge in [-0.2, -0.15) is 0 Å². The first-order chi connectivity index (χ1) is 9.62. The summed E-state index contributed by atoms with van der Waals surface area (Å²) < 4.78 is 15.1. The van der Waals surface area contributed by atoms with Crippen LogP contribution in [0.2, 0.25) is 0 Å². The molecule has 0 fully saturated rings. The summed E-state index contributed by atoms with van der Waals surface area (Å²) in [5.74, 6) is -0.0904. The lowest BCUT2D eigenvalue weighted by atomic mass is 10.2. The monoisotopic (exact) mass is 281 g/mol. The summed E-state index contributed by atoms with van der Waals surface area (Å²) in [6.45, 7) is 2.17. The molecule has 1 aromatic carbocycles. The van der Waals surface area contributed by atoms with E-state index >= 15 is 0 Å². The van der Waals surface area contributed by atoms with Crippen LogP contribution in [-0.4, -0.2) is 39.2 Å². The summed E-state index contributed by atoms with van der Waals surface area (Å²) in [5, 5.41) is 2.62. The molecule has 0 aliphatic heterocycles. The highest BCUT2D eigenvalue weighted by molar-refractivity contribution is 5.94. The third-order valence-electron chi connectivity index (χ3n) is 2.53. The van der Waals surface area contributed by atoms with Gasteiger partial charge in [0.1, 0.15) is 17.1 Å². The minimum absolute atomic E-state index is 0.218. The SMILES string of the molecule is CCCNC(=O)COC(=O)c1cc(OC)ccc1OC. The maximum absolute atomic E-state index is 11.9. The van der Waals surface area contributed by atoms with E-state index in [1.807, 2.05) is 6.92 Å². The van der Waals surface area contributed by atoms with E-state index in [-0.39, 0.29) is 18.1 Å². The second kappa shape index (κ2) is 8.04. The Kier molecular flexibility index (Phi) is 6.36. The zero-order valence-corrected chi connectivity index (χ0v) is 11.9. The van der Waals surface area contributed by atoms with Crippen LogP contribution in [0.25, 0.3) is 0 Å². The molecule has 0 spiro atoms. The van der Waals surface area contributed by atoms with E-state index in [0.29, 0.717) is 18.0 Å². The third-order valence-corrected chi connectivity index (χ3v) is 2.53. The van der Waals surface area contributed by atoms with Gasteiger partial charge in [-0.1, -0.05) is 6.92 Å². The highest BCUT2D eigenvalue weighted by atomic mass is 16.5. The first-order valence-electron chi connectivity index (χ1n) is 6.28. The minimum Gasteiger partial charge on any atom is -0.497 e. The lowest BCUT2D eigenvalue weighted by molar-refractivity contribution is -0.124. The quantitative estimate of drug-likeness (QED) is 0.764. The van der Waals surface area contributed by atoms with Crippen molar-refractivity contribution in [2.75, 3.05) is 27.4 Å². The fourth-order valence-corrected chi connectivity index (χ4v) is 1.50. The molecular formula is C14H19NO5. The fourth-order valence-electron chi connectivity index (χ4n) is 1.50. The van der Waals surface area contributed by atoms with Gasteiger partial charge in [0.2, 0.25) is 0 Å². The molecule has 0 unspecified atom stereocenters.